The molecule has 1 N–H and O–H groups in total. The number of fused-ring (bicyclic) bond motifs is 1. The number of aromatic nitrogens is 2. The summed E-state index contributed by atoms with van der Waals surface area (Å²) in [5, 5.41) is 4.26. The minimum atomic E-state index is -3.70. The molecular formula is C18H22BN3O4S. The number of carbonyl (C=O) groups excluding carboxylic acids is 1. The maximum Gasteiger partial charge on any atom is 0.327 e. The van der Waals surface area contributed by atoms with Gasteiger partial charge in [0, 0.05) is 11.3 Å². The molecule has 0 bridgehead atoms. The minimum absolute atomic E-state index is 0.0276. The lowest BCUT2D eigenvalue weighted by molar-refractivity contribution is -0.144. The molecule has 2 radical (unpaired) electrons. The van der Waals surface area contributed by atoms with E-state index in [4.69, 9.17) is 12.6 Å². The number of rotatable bonds is 6. The van der Waals surface area contributed by atoms with Crippen molar-refractivity contribution in [2.75, 3.05) is 6.61 Å². The van der Waals surface area contributed by atoms with Crippen molar-refractivity contribution in [3.05, 3.63) is 41.2 Å². The first-order valence-electron chi connectivity index (χ1n) is 8.90. The van der Waals surface area contributed by atoms with Crippen molar-refractivity contribution in [1.29, 1.82) is 0 Å². The highest BCUT2D eigenvalue weighted by atomic mass is 32.2. The topological polar surface area (TPSA) is 90.3 Å². The van der Waals surface area contributed by atoms with Crippen LogP contribution in [0.5, 0.6) is 0 Å². The van der Waals surface area contributed by atoms with E-state index in [0.29, 0.717) is 24.1 Å². The summed E-state index contributed by atoms with van der Waals surface area (Å²) >= 11 is 0. The van der Waals surface area contributed by atoms with Crippen LogP contribution in [-0.2, 0) is 32.5 Å². The SMILES string of the molecule is [B]c1ccc(S(=O)(=O)NC2CCCc3c2cnn3CC(=O)OCC)cc1C. The molecule has 1 aliphatic rings. The smallest absolute Gasteiger partial charge is 0.327 e. The van der Waals surface area contributed by atoms with Crippen molar-refractivity contribution >= 4 is 29.3 Å². The van der Waals surface area contributed by atoms with Crippen LogP contribution in [0.25, 0.3) is 0 Å². The second-order valence-electron chi connectivity index (χ2n) is 6.59. The Balaban J connectivity index is 1.82. The van der Waals surface area contributed by atoms with Gasteiger partial charge in [0.1, 0.15) is 14.4 Å². The van der Waals surface area contributed by atoms with E-state index in [1.165, 1.54) is 6.07 Å². The Morgan fingerprint density at radius 2 is 2.22 bits per heavy atom. The first kappa shape index (κ1) is 19.6. The molecule has 1 unspecified atom stereocenters. The number of carbonyl (C=O) groups is 1. The van der Waals surface area contributed by atoms with Crippen LogP contribution in [0, 0.1) is 6.92 Å². The number of nitrogens with one attached hydrogen (secondary N) is 1. The van der Waals surface area contributed by atoms with Crippen LogP contribution in [0.3, 0.4) is 0 Å². The molecule has 0 aliphatic heterocycles. The number of ether oxygens (including phenoxy) is 1. The summed E-state index contributed by atoms with van der Waals surface area (Å²) in [6.45, 7) is 3.86. The Labute approximate surface area is 160 Å². The van der Waals surface area contributed by atoms with E-state index in [9.17, 15) is 13.2 Å². The molecule has 0 saturated heterocycles. The number of benzene rings is 1. The van der Waals surface area contributed by atoms with Crippen LogP contribution < -0.4 is 10.2 Å². The van der Waals surface area contributed by atoms with Gasteiger partial charge in [0.2, 0.25) is 10.0 Å². The second kappa shape index (κ2) is 7.86. The zero-order valence-electron chi connectivity index (χ0n) is 15.4. The third kappa shape index (κ3) is 4.25. The zero-order chi connectivity index (χ0) is 19.6. The number of hydrogen-bond donors (Lipinski definition) is 1. The van der Waals surface area contributed by atoms with Crippen LogP contribution in [0.2, 0.25) is 0 Å². The molecule has 27 heavy (non-hydrogen) atoms. The molecule has 1 atom stereocenters. The molecule has 0 fully saturated rings. The van der Waals surface area contributed by atoms with Crippen LogP contribution in [0.1, 0.15) is 42.6 Å². The molecule has 3 rings (SSSR count). The van der Waals surface area contributed by atoms with Gasteiger partial charge in [-0.1, -0.05) is 17.1 Å². The highest BCUT2D eigenvalue weighted by Crippen LogP contribution is 2.31. The monoisotopic (exact) mass is 387 g/mol. The van der Waals surface area contributed by atoms with Gasteiger partial charge in [-0.05, 0) is 45.2 Å². The minimum Gasteiger partial charge on any atom is -0.465 e. The Bertz CT molecular complexity index is 956. The largest absolute Gasteiger partial charge is 0.465 e. The quantitative estimate of drug-likeness (QED) is 0.588. The molecule has 1 aliphatic carbocycles. The van der Waals surface area contributed by atoms with E-state index in [2.05, 4.69) is 9.82 Å². The van der Waals surface area contributed by atoms with Gasteiger partial charge in [-0.3, -0.25) is 9.48 Å². The molecule has 1 aromatic heterocycles. The summed E-state index contributed by atoms with van der Waals surface area (Å²) < 4.78 is 34.9. The fraction of sp³-hybridized carbons (Fsp3) is 0.444. The van der Waals surface area contributed by atoms with E-state index in [0.717, 1.165) is 24.1 Å². The Kier molecular flexibility index (Phi) is 5.71. The first-order valence-corrected chi connectivity index (χ1v) is 10.4. The van der Waals surface area contributed by atoms with Gasteiger partial charge < -0.3 is 4.74 Å². The predicted molar refractivity (Wildman–Crippen MR) is 101 cm³/mol. The van der Waals surface area contributed by atoms with Crippen molar-refractivity contribution in [2.45, 2.75) is 50.6 Å². The molecule has 1 heterocycles. The molecule has 142 valence electrons. The van der Waals surface area contributed by atoms with E-state index >= 15 is 0 Å². The van der Waals surface area contributed by atoms with Crippen molar-refractivity contribution in [1.82, 2.24) is 14.5 Å². The Hall–Kier alpha value is -2.13. The van der Waals surface area contributed by atoms with E-state index in [1.807, 2.05) is 0 Å². The maximum absolute atomic E-state index is 12.8. The zero-order valence-corrected chi connectivity index (χ0v) is 16.3. The van der Waals surface area contributed by atoms with Crippen LogP contribution in [0.4, 0.5) is 0 Å². The van der Waals surface area contributed by atoms with Gasteiger partial charge in [-0.2, -0.15) is 5.10 Å². The summed E-state index contributed by atoms with van der Waals surface area (Å²) in [5.74, 6) is -0.358. The van der Waals surface area contributed by atoms with Gasteiger partial charge in [-0.15, -0.1) is 0 Å². The normalized spacial score (nSPS) is 16.7. The molecule has 0 amide bonds. The average molecular weight is 387 g/mol. The van der Waals surface area contributed by atoms with Gasteiger partial charge in [0.25, 0.3) is 0 Å². The van der Waals surface area contributed by atoms with Crippen molar-refractivity contribution in [3.63, 3.8) is 0 Å². The average Bonchev–Trinajstić information content (AvgIpc) is 3.01. The summed E-state index contributed by atoms with van der Waals surface area (Å²) in [6, 6.07) is 4.27. The lowest BCUT2D eigenvalue weighted by Gasteiger charge is -2.24. The van der Waals surface area contributed by atoms with Crippen molar-refractivity contribution in [2.24, 2.45) is 0 Å². The van der Waals surface area contributed by atoms with Crippen molar-refractivity contribution < 1.29 is 17.9 Å². The molecule has 9 heteroatoms. The number of esters is 1. The standard InChI is InChI=1S/C18H22BN3O4S/c1-3-26-18(23)11-22-17-6-4-5-16(14(17)10-20-22)21-27(24,25)13-7-8-15(19)12(2)9-13/h7-10,16,21H,3-6,11H2,1-2H3. The van der Waals surface area contributed by atoms with Gasteiger partial charge in [0.15, 0.2) is 0 Å². The van der Waals surface area contributed by atoms with Crippen LogP contribution >= 0.6 is 0 Å². The summed E-state index contributed by atoms with van der Waals surface area (Å²) in [4.78, 5) is 11.9. The molecule has 1 aromatic carbocycles. The molecule has 0 saturated carbocycles. The molecular weight excluding hydrogens is 365 g/mol. The fourth-order valence-corrected chi connectivity index (χ4v) is 4.61. The predicted octanol–water partition coefficient (Wildman–Crippen LogP) is 0.904. The highest BCUT2D eigenvalue weighted by molar-refractivity contribution is 7.89. The van der Waals surface area contributed by atoms with E-state index in [-0.39, 0.29) is 23.5 Å². The third-order valence-corrected chi connectivity index (χ3v) is 6.17. The first-order chi connectivity index (χ1) is 12.8. The Morgan fingerprint density at radius 1 is 1.44 bits per heavy atom. The summed E-state index contributed by atoms with van der Waals surface area (Å²) in [6.07, 6.45) is 3.85. The second-order valence-corrected chi connectivity index (χ2v) is 8.31. The Morgan fingerprint density at radius 3 is 2.93 bits per heavy atom. The lowest BCUT2D eigenvalue weighted by atomic mass is 9.92. The van der Waals surface area contributed by atoms with Gasteiger partial charge in [-0.25, -0.2) is 13.1 Å². The molecule has 2 aromatic rings. The highest BCUT2D eigenvalue weighted by Gasteiger charge is 2.29. The fourth-order valence-electron chi connectivity index (χ4n) is 3.28. The van der Waals surface area contributed by atoms with E-state index < -0.39 is 10.0 Å². The van der Waals surface area contributed by atoms with E-state index in [1.54, 1.807) is 36.9 Å². The van der Waals surface area contributed by atoms with Gasteiger partial charge >= 0.3 is 5.97 Å². The molecule has 0 spiro atoms. The maximum atomic E-state index is 12.8. The van der Waals surface area contributed by atoms with Gasteiger partial charge in [0.05, 0.1) is 23.7 Å². The van der Waals surface area contributed by atoms with Crippen LogP contribution in [-0.4, -0.2) is 38.6 Å². The number of aryl methyl sites for hydroxylation is 1. The third-order valence-electron chi connectivity index (χ3n) is 4.70. The number of hydrogen-bond acceptors (Lipinski definition) is 5. The number of sulfonamides is 1. The summed E-state index contributed by atoms with van der Waals surface area (Å²) in [7, 11) is 2.08. The van der Waals surface area contributed by atoms with Crippen molar-refractivity contribution in [3.8, 4) is 0 Å². The lowest BCUT2D eigenvalue weighted by Crippen LogP contribution is -2.31. The number of nitrogens with zero attached hydrogens (tertiary/aromatic N) is 2. The molecule has 7 nitrogen and oxygen atoms in total. The van der Waals surface area contributed by atoms with Crippen LogP contribution in [0.15, 0.2) is 29.3 Å². The summed E-state index contributed by atoms with van der Waals surface area (Å²) in [5.41, 5.74) is 2.94.